The summed E-state index contributed by atoms with van der Waals surface area (Å²) in [5, 5.41) is 9.21. The van der Waals surface area contributed by atoms with Crippen LogP contribution in [0.15, 0.2) is 39.8 Å². The second-order valence-electron chi connectivity index (χ2n) is 5.63. The topological polar surface area (TPSA) is 74.9 Å². The van der Waals surface area contributed by atoms with Crippen LogP contribution in [0, 0.1) is 11.3 Å². The minimum atomic E-state index is -0.149. The van der Waals surface area contributed by atoms with E-state index >= 15 is 0 Å². The summed E-state index contributed by atoms with van der Waals surface area (Å²) in [4.78, 5) is 18.5. The van der Waals surface area contributed by atoms with Crippen LogP contribution in [0.1, 0.15) is 16.7 Å². The van der Waals surface area contributed by atoms with E-state index in [1.54, 1.807) is 45.5 Å². The molecule has 0 saturated heterocycles. The van der Waals surface area contributed by atoms with Crippen molar-refractivity contribution in [3.63, 3.8) is 0 Å². The molecule has 2 aromatic rings. The number of rotatable bonds is 3. The Bertz CT molecular complexity index is 963. The minimum Gasteiger partial charge on any atom is -0.495 e. The third kappa shape index (κ3) is 2.93. The molecule has 132 valence electrons. The van der Waals surface area contributed by atoms with E-state index in [0.717, 1.165) is 5.56 Å². The summed E-state index contributed by atoms with van der Waals surface area (Å²) in [7, 11) is 4.80. The highest BCUT2D eigenvalue weighted by Gasteiger charge is 2.29. The number of halogens is 1. The van der Waals surface area contributed by atoms with Crippen molar-refractivity contribution < 1.29 is 14.3 Å². The normalized spacial score (nSPS) is 13.4. The van der Waals surface area contributed by atoms with Crippen LogP contribution in [-0.4, -0.2) is 39.4 Å². The fourth-order valence-corrected chi connectivity index (χ4v) is 3.51. The van der Waals surface area contributed by atoms with Gasteiger partial charge >= 0.3 is 0 Å². The molecule has 26 heavy (non-hydrogen) atoms. The first kappa shape index (κ1) is 18.0. The van der Waals surface area contributed by atoms with E-state index in [1.807, 2.05) is 6.07 Å². The highest BCUT2D eigenvalue weighted by atomic mass is 79.9. The Balaban J connectivity index is 2.36. The maximum Gasteiger partial charge on any atom is 0.248 e. The molecule has 0 aliphatic carbocycles. The first-order chi connectivity index (χ1) is 12.5. The molecular weight excluding hydrogens is 398 g/mol. The van der Waals surface area contributed by atoms with E-state index in [9.17, 15) is 10.1 Å². The Morgan fingerprint density at radius 1 is 1.27 bits per heavy atom. The van der Waals surface area contributed by atoms with Crippen LogP contribution in [0.4, 0.5) is 5.69 Å². The second-order valence-corrected chi connectivity index (χ2v) is 6.42. The number of nitriles is 1. The zero-order valence-electron chi connectivity index (χ0n) is 14.5. The highest BCUT2D eigenvalue weighted by Crippen LogP contribution is 2.44. The van der Waals surface area contributed by atoms with Crippen LogP contribution >= 0.6 is 15.9 Å². The van der Waals surface area contributed by atoms with Gasteiger partial charge in [-0.25, -0.2) is 0 Å². The predicted octanol–water partition coefficient (Wildman–Crippen LogP) is 3.15. The van der Waals surface area contributed by atoms with Gasteiger partial charge in [-0.2, -0.15) is 5.26 Å². The van der Waals surface area contributed by atoms with Gasteiger partial charge < -0.3 is 14.4 Å². The largest absolute Gasteiger partial charge is 0.495 e. The average molecular weight is 414 g/mol. The molecule has 6 nitrogen and oxygen atoms in total. The van der Waals surface area contributed by atoms with Crippen LogP contribution in [0.2, 0.25) is 0 Å². The van der Waals surface area contributed by atoms with Gasteiger partial charge in [0.1, 0.15) is 22.5 Å². The summed E-state index contributed by atoms with van der Waals surface area (Å²) in [5.74, 6) is 0.915. The van der Waals surface area contributed by atoms with E-state index in [2.05, 4.69) is 27.0 Å². The molecule has 0 aromatic heterocycles. The average Bonchev–Trinajstić information content (AvgIpc) is 2.79. The Morgan fingerprint density at radius 3 is 2.69 bits per heavy atom. The summed E-state index contributed by atoms with van der Waals surface area (Å²) < 4.78 is 11.7. The molecule has 0 spiro atoms. The molecule has 2 aromatic carbocycles. The molecule has 1 amide bonds. The van der Waals surface area contributed by atoms with Gasteiger partial charge in [0.25, 0.3) is 0 Å². The number of benzodiazepines with no additional fused rings is 1. The molecular formula is C19H16BrN3O3. The Morgan fingerprint density at radius 2 is 2.04 bits per heavy atom. The summed E-state index contributed by atoms with van der Waals surface area (Å²) >= 11 is 3.51. The number of ether oxygens (including phenoxy) is 2. The lowest BCUT2D eigenvalue weighted by Gasteiger charge is -2.22. The van der Waals surface area contributed by atoms with Gasteiger partial charge in [-0.3, -0.25) is 9.79 Å². The molecule has 1 aliphatic heterocycles. The molecule has 7 heteroatoms. The van der Waals surface area contributed by atoms with Crippen LogP contribution < -0.4 is 14.4 Å². The van der Waals surface area contributed by atoms with Crippen molar-refractivity contribution in [3.8, 4) is 17.6 Å². The van der Waals surface area contributed by atoms with Crippen molar-refractivity contribution in [2.45, 2.75) is 0 Å². The zero-order valence-corrected chi connectivity index (χ0v) is 16.1. The second kappa shape index (κ2) is 7.18. The number of hydrogen-bond acceptors (Lipinski definition) is 5. The minimum absolute atomic E-state index is 0.000380. The number of carbonyl (C=O) groups is 1. The van der Waals surface area contributed by atoms with Crippen molar-refractivity contribution in [1.29, 1.82) is 5.26 Å². The predicted molar refractivity (Wildman–Crippen MR) is 102 cm³/mol. The van der Waals surface area contributed by atoms with E-state index in [-0.39, 0.29) is 12.5 Å². The van der Waals surface area contributed by atoms with Gasteiger partial charge in [-0.15, -0.1) is 0 Å². The van der Waals surface area contributed by atoms with E-state index in [0.29, 0.717) is 38.5 Å². The maximum atomic E-state index is 12.4. The molecule has 0 radical (unpaired) electrons. The van der Waals surface area contributed by atoms with Crippen molar-refractivity contribution >= 4 is 33.2 Å². The summed E-state index contributed by atoms with van der Waals surface area (Å²) in [6.07, 6.45) is 0. The van der Waals surface area contributed by atoms with Crippen LogP contribution in [0.25, 0.3) is 0 Å². The number of amides is 1. The van der Waals surface area contributed by atoms with Gasteiger partial charge in [-0.05, 0) is 28.1 Å². The van der Waals surface area contributed by atoms with Crippen molar-refractivity contribution in [3.05, 3.63) is 51.5 Å². The molecule has 3 rings (SSSR count). The Labute approximate surface area is 159 Å². The van der Waals surface area contributed by atoms with E-state index in [1.165, 1.54) is 4.90 Å². The van der Waals surface area contributed by atoms with Gasteiger partial charge in [-0.1, -0.05) is 12.1 Å². The number of fused-ring (bicyclic) bond motifs is 1. The van der Waals surface area contributed by atoms with E-state index in [4.69, 9.17) is 9.47 Å². The van der Waals surface area contributed by atoms with Crippen LogP contribution in [0.3, 0.4) is 0 Å². The van der Waals surface area contributed by atoms with Gasteiger partial charge in [0, 0.05) is 18.7 Å². The number of anilines is 1. The zero-order chi connectivity index (χ0) is 18.8. The highest BCUT2D eigenvalue weighted by molar-refractivity contribution is 9.10. The number of hydrogen-bond donors (Lipinski definition) is 0. The van der Waals surface area contributed by atoms with Crippen molar-refractivity contribution in [2.75, 3.05) is 32.7 Å². The lowest BCUT2D eigenvalue weighted by Crippen LogP contribution is -2.28. The van der Waals surface area contributed by atoms with Crippen LogP contribution in [0.5, 0.6) is 11.5 Å². The third-order valence-corrected chi connectivity index (χ3v) is 4.95. The summed E-state index contributed by atoms with van der Waals surface area (Å²) in [6, 6.07) is 11.0. The summed E-state index contributed by atoms with van der Waals surface area (Å²) in [5.41, 5.74) is 3.15. The molecule has 1 heterocycles. The van der Waals surface area contributed by atoms with Gasteiger partial charge in [0.05, 0.1) is 42.8 Å². The standard InChI is InChI=1S/C19H16BrN3O3/c1-23-13-8-14(25-2)17(20)19(26-3)16(13)18(22-10-15(23)24)12-6-4-5-11(7-12)9-21/h4-8H,10H2,1-3H3. The van der Waals surface area contributed by atoms with Gasteiger partial charge in [0.2, 0.25) is 5.91 Å². The first-order valence-electron chi connectivity index (χ1n) is 7.78. The number of likely N-dealkylation sites (N-methyl/N-ethyl adjacent to an activating group) is 1. The van der Waals surface area contributed by atoms with E-state index < -0.39 is 0 Å². The fourth-order valence-electron chi connectivity index (χ4n) is 2.87. The monoisotopic (exact) mass is 413 g/mol. The number of methoxy groups -OCH3 is 2. The third-order valence-electron chi connectivity index (χ3n) is 4.20. The molecule has 0 N–H and O–H groups in total. The Hall–Kier alpha value is -2.85. The molecule has 0 fully saturated rings. The quantitative estimate of drug-likeness (QED) is 0.774. The van der Waals surface area contributed by atoms with Crippen LogP contribution in [-0.2, 0) is 4.79 Å². The SMILES string of the molecule is COc1cc2c(c(OC)c1Br)C(c1cccc(C#N)c1)=NCC(=O)N2C. The molecule has 0 saturated carbocycles. The first-order valence-corrected chi connectivity index (χ1v) is 8.57. The van der Waals surface area contributed by atoms with Crippen molar-refractivity contribution in [1.82, 2.24) is 0 Å². The van der Waals surface area contributed by atoms with Crippen molar-refractivity contribution in [2.24, 2.45) is 4.99 Å². The number of aliphatic imine (C=N–C) groups is 1. The maximum absolute atomic E-state index is 12.4. The fraction of sp³-hybridized carbons (Fsp3) is 0.211. The van der Waals surface area contributed by atoms with Gasteiger partial charge in [0.15, 0.2) is 0 Å². The summed E-state index contributed by atoms with van der Waals surface area (Å²) in [6.45, 7) is 0.000380. The molecule has 1 aliphatic rings. The lowest BCUT2D eigenvalue weighted by atomic mass is 9.97. The Kier molecular flexibility index (Phi) is 4.96. The number of nitrogens with zero attached hydrogens (tertiary/aromatic N) is 3. The smallest absolute Gasteiger partial charge is 0.248 e. The lowest BCUT2D eigenvalue weighted by molar-refractivity contribution is -0.116. The number of carbonyl (C=O) groups excluding carboxylic acids is 1. The number of benzene rings is 2. The molecule has 0 unspecified atom stereocenters. The molecule has 0 atom stereocenters. The molecule has 0 bridgehead atoms.